The first-order valence-electron chi connectivity index (χ1n) is 10.4. The third-order valence-electron chi connectivity index (χ3n) is 4.89. The second-order valence-corrected chi connectivity index (χ2v) is 7.27. The minimum Gasteiger partial charge on any atom is -0.462 e. The number of esters is 1. The van der Waals surface area contributed by atoms with Crippen LogP contribution in [0.1, 0.15) is 36.4 Å². The summed E-state index contributed by atoms with van der Waals surface area (Å²) in [5.41, 5.74) is 1.81. The van der Waals surface area contributed by atoms with Crippen molar-refractivity contribution in [2.24, 2.45) is 0 Å². The van der Waals surface area contributed by atoms with Gasteiger partial charge in [0.25, 0.3) is 0 Å². The molecule has 162 valence electrons. The molecule has 0 aliphatic carbocycles. The lowest BCUT2D eigenvalue weighted by Crippen LogP contribution is -2.46. The molecule has 1 unspecified atom stereocenters. The molecule has 0 aromatic heterocycles. The van der Waals surface area contributed by atoms with Crippen LogP contribution in [0.3, 0.4) is 0 Å². The lowest BCUT2D eigenvalue weighted by Gasteiger charge is -2.22. The Morgan fingerprint density at radius 3 is 2.45 bits per heavy atom. The van der Waals surface area contributed by atoms with Crippen LogP contribution in [0.5, 0.6) is 0 Å². The first-order valence-corrected chi connectivity index (χ1v) is 10.4. The largest absolute Gasteiger partial charge is 0.462 e. The van der Waals surface area contributed by atoms with E-state index in [9.17, 15) is 14.4 Å². The molecule has 0 saturated heterocycles. The topological polar surface area (TPSA) is 96.5 Å². The van der Waals surface area contributed by atoms with Crippen LogP contribution in [0.15, 0.2) is 72.8 Å². The van der Waals surface area contributed by atoms with Gasteiger partial charge in [-0.25, -0.2) is 9.59 Å². The van der Waals surface area contributed by atoms with Gasteiger partial charge in [-0.2, -0.15) is 0 Å². The molecule has 0 fully saturated rings. The van der Waals surface area contributed by atoms with Gasteiger partial charge in [-0.15, -0.1) is 0 Å². The van der Waals surface area contributed by atoms with E-state index in [4.69, 9.17) is 4.74 Å². The Hall–Kier alpha value is -3.61. The van der Waals surface area contributed by atoms with Crippen LogP contribution < -0.4 is 16.0 Å². The van der Waals surface area contributed by atoms with Gasteiger partial charge < -0.3 is 20.7 Å². The number of rotatable bonds is 4. The third-order valence-corrected chi connectivity index (χ3v) is 4.89. The van der Waals surface area contributed by atoms with Gasteiger partial charge in [0.05, 0.1) is 6.04 Å². The highest BCUT2D eigenvalue weighted by atomic mass is 16.5. The average Bonchev–Trinajstić information content (AvgIpc) is 2.79. The number of allylic oxidation sites excluding steroid dienone is 1. The van der Waals surface area contributed by atoms with Gasteiger partial charge in [0.2, 0.25) is 5.91 Å². The van der Waals surface area contributed by atoms with Crippen molar-refractivity contribution < 1.29 is 19.1 Å². The fraction of sp³-hybridized carbons (Fsp3) is 0.292. The average molecular weight is 421 g/mol. The van der Waals surface area contributed by atoms with E-state index in [0.717, 1.165) is 11.1 Å². The molecule has 7 nitrogen and oxygen atoms in total. The number of nitrogens with one attached hydrogen (secondary N) is 3. The number of ether oxygens (including phenoxy) is 1. The fourth-order valence-electron chi connectivity index (χ4n) is 3.21. The Labute approximate surface area is 181 Å². The van der Waals surface area contributed by atoms with Gasteiger partial charge >= 0.3 is 12.0 Å². The molecule has 1 heterocycles. The van der Waals surface area contributed by atoms with Crippen molar-refractivity contribution in [1.82, 2.24) is 16.0 Å². The quantitative estimate of drug-likeness (QED) is 0.522. The van der Waals surface area contributed by atoms with Crippen LogP contribution in [-0.2, 0) is 20.9 Å². The summed E-state index contributed by atoms with van der Waals surface area (Å²) in [5, 5.41) is 8.36. The van der Waals surface area contributed by atoms with Gasteiger partial charge in [-0.05, 0) is 24.0 Å². The molecule has 3 N–H and O–H groups in total. The van der Waals surface area contributed by atoms with Crippen LogP contribution >= 0.6 is 0 Å². The van der Waals surface area contributed by atoms with Crippen LogP contribution in [0.4, 0.5) is 4.79 Å². The van der Waals surface area contributed by atoms with E-state index in [0.29, 0.717) is 19.4 Å². The zero-order valence-corrected chi connectivity index (χ0v) is 17.3. The molecule has 1 aliphatic rings. The molecule has 3 rings (SSSR count). The Morgan fingerprint density at radius 1 is 1.00 bits per heavy atom. The van der Waals surface area contributed by atoms with Crippen molar-refractivity contribution in [3.05, 3.63) is 83.9 Å². The van der Waals surface area contributed by atoms with Crippen LogP contribution in [0, 0.1) is 0 Å². The van der Waals surface area contributed by atoms with Crippen LogP contribution in [0.2, 0.25) is 0 Å². The van der Waals surface area contributed by atoms with Crippen LogP contribution in [-0.4, -0.2) is 30.6 Å². The van der Waals surface area contributed by atoms with Crippen molar-refractivity contribution in [2.75, 3.05) is 6.61 Å². The van der Waals surface area contributed by atoms with Crippen molar-refractivity contribution in [3.63, 3.8) is 0 Å². The highest BCUT2D eigenvalue weighted by molar-refractivity contribution is 5.84. The van der Waals surface area contributed by atoms with E-state index in [2.05, 4.69) is 16.0 Å². The van der Waals surface area contributed by atoms with Crippen molar-refractivity contribution in [3.8, 4) is 0 Å². The number of carbonyl (C=O) groups is 3. The monoisotopic (exact) mass is 421 g/mol. The summed E-state index contributed by atoms with van der Waals surface area (Å²) in [6.45, 7) is 0.342. The van der Waals surface area contributed by atoms with Crippen LogP contribution in [0.25, 0.3) is 0 Å². The van der Waals surface area contributed by atoms with E-state index < -0.39 is 24.1 Å². The Bertz CT molecular complexity index is 900. The molecule has 3 amide bonds. The lowest BCUT2D eigenvalue weighted by atomic mass is 10.1. The van der Waals surface area contributed by atoms with Gasteiger partial charge in [0.15, 0.2) is 0 Å². The second-order valence-electron chi connectivity index (χ2n) is 7.27. The molecule has 0 bridgehead atoms. The van der Waals surface area contributed by atoms with Gasteiger partial charge in [0.1, 0.15) is 12.6 Å². The number of cyclic esters (lactones) is 1. The summed E-state index contributed by atoms with van der Waals surface area (Å²) in [4.78, 5) is 37.2. The maximum Gasteiger partial charge on any atom is 0.329 e. The molecule has 31 heavy (non-hydrogen) atoms. The second kappa shape index (κ2) is 11.5. The Kier molecular flexibility index (Phi) is 8.22. The Balaban J connectivity index is 1.63. The SMILES string of the molecule is O=C1CC/C=C/C[C@@H](NC(=O)NCc2ccccc2)C(=O)OCC(c2ccccc2)N1. The molecule has 1 aliphatic heterocycles. The standard InChI is InChI=1S/C24H27N3O4/c28-22-15-9-3-8-14-20(27-24(30)25-16-18-10-4-1-5-11-18)23(29)31-17-21(26-22)19-12-6-2-7-13-19/h1-8,10-13,20-21H,9,14-17H2,(H,26,28)(H2,25,27,30)/b8-3+/t20-,21?/m1/s1. The van der Waals surface area contributed by atoms with Crippen molar-refractivity contribution in [2.45, 2.75) is 37.9 Å². The summed E-state index contributed by atoms with van der Waals surface area (Å²) in [6.07, 6.45) is 4.80. The minimum absolute atomic E-state index is 0.0118. The summed E-state index contributed by atoms with van der Waals surface area (Å²) < 4.78 is 5.48. The zero-order chi connectivity index (χ0) is 21.9. The van der Waals surface area contributed by atoms with Gasteiger partial charge in [-0.1, -0.05) is 72.8 Å². The predicted octanol–water partition coefficient (Wildman–Crippen LogP) is 3.00. The van der Waals surface area contributed by atoms with E-state index in [1.165, 1.54) is 0 Å². The fourth-order valence-corrected chi connectivity index (χ4v) is 3.21. The normalized spacial score (nSPS) is 20.9. The molecule has 7 heteroatoms. The van der Waals surface area contributed by atoms with E-state index >= 15 is 0 Å². The molecular formula is C24H27N3O4. The van der Waals surface area contributed by atoms with Crippen molar-refractivity contribution >= 4 is 17.9 Å². The lowest BCUT2D eigenvalue weighted by molar-refractivity contribution is -0.147. The Morgan fingerprint density at radius 2 is 1.71 bits per heavy atom. The molecule has 0 radical (unpaired) electrons. The number of hydrogen-bond donors (Lipinski definition) is 3. The molecule has 2 aromatic rings. The third kappa shape index (κ3) is 7.29. The number of hydrogen-bond acceptors (Lipinski definition) is 4. The first-order chi connectivity index (χ1) is 15.1. The molecular weight excluding hydrogens is 394 g/mol. The number of amides is 3. The van der Waals surface area contributed by atoms with Gasteiger partial charge in [-0.3, -0.25) is 4.79 Å². The predicted molar refractivity (Wildman–Crippen MR) is 117 cm³/mol. The van der Waals surface area contributed by atoms with Gasteiger partial charge in [0, 0.05) is 13.0 Å². The summed E-state index contributed by atoms with van der Waals surface area (Å²) in [7, 11) is 0. The number of carbonyl (C=O) groups excluding carboxylic acids is 3. The smallest absolute Gasteiger partial charge is 0.329 e. The maximum atomic E-state index is 12.7. The molecule has 0 saturated carbocycles. The molecule has 2 aromatic carbocycles. The number of benzene rings is 2. The van der Waals surface area contributed by atoms with Crippen molar-refractivity contribution in [1.29, 1.82) is 0 Å². The zero-order valence-electron chi connectivity index (χ0n) is 17.3. The van der Waals surface area contributed by atoms with E-state index in [1.807, 2.05) is 66.7 Å². The van der Waals surface area contributed by atoms with E-state index in [-0.39, 0.29) is 18.9 Å². The first kappa shape index (κ1) is 22.1. The molecule has 2 atom stereocenters. The summed E-state index contributed by atoms with van der Waals surface area (Å²) >= 11 is 0. The highest BCUT2D eigenvalue weighted by Gasteiger charge is 2.24. The molecule has 0 spiro atoms. The summed E-state index contributed by atoms with van der Waals surface area (Å²) in [5.74, 6) is -0.652. The minimum atomic E-state index is -0.821. The highest BCUT2D eigenvalue weighted by Crippen LogP contribution is 2.15. The number of urea groups is 1. The summed E-state index contributed by atoms with van der Waals surface area (Å²) in [6, 6.07) is 17.1. The van der Waals surface area contributed by atoms with E-state index in [1.54, 1.807) is 6.08 Å². The maximum absolute atomic E-state index is 12.7.